The number of unbranched alkanes of at least 4 members (excludes halogenated alkanes) is 1. The van der Waals surface area contributed by atoms with Crippen molar-refractivity contribution < 1.29 is 4.79 Å². The Balaban J connectivity index is 1.86. The molecule has 100 valence electrons. The highest BCUT2D eigenvalue weighted by Gasteiger charge is 2.30. The van der Waals surface area contributed by atoms with Crippen molar-refractivity contribution in [2.75, 3.05) is 13.1 Å². The summed E-state index contributed by atoms with van der Waals surface area (Å²) in [6, 6.07) is 4.08. The predicted octanol–water partition coefficient (Wildman–Crippen LogP) is 2.73. The number of hydrogen-bond donors (Lipinski definition) is 1. The van der Waals surface area contributed by atoms with Crippen molar-refractivity contribution in [2.45, 2.75) is 38.6 Å². The van der Waals surface area contributed by atoms with Crippen LogP contribution in [0.1, 0.15) is 42.3 Å². The number of hydrogen-bond acceptors (Lipinski definition) is 3. The van der Waals surface area contributed by atoms with Crippen LogP contribution in [0.2, 0.25) is 0 Å². The highest BCUT2D eigenvalue weighted by atomic mass is 32.1. The van der Waals surface area contributed by atoms with Crippen LogP contribution in [0.5, 0.6) is 0 Å². The van der Waals surface area contributed by atoms with E-state index in [0.29, 0.717) is 5.92 Å². The molecule has 2 N–H and O–H groups in total. The summed E-state index contributed by atoms with van der Waals surface area (Å²) in [5.74, 6) is 0.663. The fourth-order valence-corrected chi connectivity index (χ4v) is 3.24. The Hall–Kier alpha value is -0.870. The smallest absolute Gasteiger partial charge is 0.263 e. The quantitative estimate of drug-likeness (QED) is 0.890. The molecule has 1 aliphatic heterocycles. The van der Waals surface area contributed by atoms with E-state index in [1.54, 1.807) is 0 Å². The number of nitrogens with two attached hydrogens (primary N) is 1. The Bertz CT molecular complexity index is 377. The van der Waals surface area contributed by atoms with Crippen LogP contribution in [0.4, 0.5) is 0 Å². The molecule has 1 aliphatic rings. The summed E-state index contributed by atoms with van der Waals surface area (Å²) in [5, 5.41) is 1.95. The highest BCUT2D eigenvalue weighted by molar-refractivity contribution is 7.12. The Labute approximate surface area is 113 Å². The van der Waals surface area contributed by atoms with Crippen LogP contribution in [-0.2, 0) is 0 Å². The summed E-state index contributed by atoms with van der Waals surface area (Å²) in [6.45, 7) is 3.89. The van der Waals surface area contributed by atoms with Crippen LogP contribution >= 0.6 is 11.3 Å². The van der Waals surface area contributed by atoms with E-state index in [-0.39, 0.29) is 11.9 Å². The lowest BCUT2D eigenvalue weighted by Crippen LogP contribution is -2.34. The highest BCUT2D eigenvalue weighted by Crippen LogP contribution is 2.24. The van der Waals surface area contributed by atoms with E-state index in [2.05, 4.69) is 6.92 Å². The van der Waals surface area contributed by atoms with Gasteiger partial charge in [0.1, 0.15) is 0 Å². The first-order valence-electron chi connectivity index (χ1n) is 6.80. The van der Waals surface area contributed by atoms with Crippen molar-refractivity contribution in [1.29, 1.82) is 0 Å². The number of nitrogens with zero attached hydrogens (tertiary/aromatic N) is 1. The van der Waals surface area contributed by atoms with Crippen LogP contribution in [-0.4, -0.2) is 29.9 Å². The number of amides is 1. The molecule has 1 aromatic heterocycles. The van der Waals surface area contributed by atoms with Gasteiger partial charge in [-0.2, -0.15) is 0 Å². The second kappa shape index (κ2) is 6.34. The van der Waals surface area contributed by atoms with Crippen molar-refractivity contribution in [1.82, 2.24) is 4.90 Å². The first kappa shape index (κ1) is 13.6. The predicted molar refractivity (Wildman–Crippen MR) is 75.8 cm³/mol. The number of likely N-dealkylation sites (tertiary alicyclic amines) is 1. The summed E-state index contributed by atoms with van der Waals surface area (Å²) in [4.78, 5) is 15.0. The minimum atomic E-state index is 0.176. The van der Waals surface area contributed by atoms with Crippen molar-refractivity contribution in [3.05, 3.63) is 22.4 Å². The van der Waals surface area contributed by atoms with E-state index in [0.717, 1.165) is 30.8 Å². The summed E-state index contributed by atoms with van der Waals surface area (Å²) in [7, 11) is 0. The maximum atomic E-state index is 12.2. The summed E-state index contributed by atoms with van der Waals surface area (Å²) in [6.07, 6.45) is 4.53. The van der Waals surface area contributed by atoms with E-state index in [1.807, 2.05) is 22.4 Å². The molecule has 2 heterocycles. The molecule has 0 radical (unpaired) electrons. The molecule has 4 heteroatoms. The molecule has 18 heavy (non-hydrogen) atoms. The topological polar surface area (TPSA) is 46.3 Å². The molecule has 1 fully saturated rings. The molecule has 1 amide bonds. The fourth-order valence-electron chi connectivity index (χ4n) is 2.55. The number of carbonyl (C=O) groups is 1. The fraction of sp³-hybridized carbons (Fsp3) is 0.643. The van der Waals surface area contributed by atoms with Gasteiger partial charge in [0.05, 0.1) is 4.88 Å². The largest absolute Gasteiger partial charge is 0.338 e. The minimum absolute atomic E-state index is 0.176. The van der Waals surface area contributed by atoms with Crippen LogP contribution in [0.3, 0.4) is 0 Å². The summed E-state index contributed by atoms with van der Waals surface area (Å²) >= 11 is 1.52. The monoisotopic (exact) mass is 266 g/mol. The van der Waals surface area contributed by atoms with Gasteiger partial charge in [-0.25, -0.2) is 0 Å². The lowest BCUT2D eigenvalue weighted by molar-refractivity contribution is 0.0790. The molecule has 0 aromatic carbocycles. The third-order valence-electron chi connectivity index (χ3n) is 3.74. The third-order valence-corrected chi connectivity index (χ3v) is 4.60. The standard InChI is InChI=1S/C14H22N2OS/c1-2-3-5-12(15)11-7-8-16(10-11)14(17)13-6-4-9-18-13/h4,6,9,11-12H,2-3,5,7-8,10,15H2,1H3. The SMILES string of the molecule is CCCCC(N)C1CCN(C(=O)c2cccs2)C1. The molecule has 2 atom stereocenters. The molecule has 0 spiro atoms. The molecule has 1 aromatic rings. The lowest BCUT2D eigenvalue weighted by Gasteiger charge is -2.20. The van der Waals surface area contributed by atoms with Crippen LogP contribution in [0, 0.1) is 5.92 Å². The van der Waals surface area contributed by atoms with Gasteiger partial charge in [-0.15, -0.1) is 11.3 Å². The summed E-state index contributed by atoms with van der Waals surface area (Å²) < 4.78 is 0. The molecule has 0 saturated carbocycles. The Morgan fingerprint density at radius 1 is 1.67 bits per heavy atom. The zero-order chi connectivity index (χ0) is 13.0. The molecular formula is C14H22N2OS. The van der Waals surface area contributed by atoms with Gasteiger partial charge >= 0.3 is 0 Å². The third kappa shape index (κ3) is 3.12. The van der Waals surface area contributed by atoms with Gasteiger partial charge < -0.3 is 10.6 Å². The average Bonchev–Trinajstić information content (AvgIpc) is 3.05. The van der Waals surface area contributed by atoms with Crippen molar-refractivity contribution in [2.24, 2.45) is 11.7 Å². The molecule has 0 aliphatic carbocycles. The van der Waals surface area contributed by atoms with Gasteiger partial charge in [0.2, 0.25) is 0 Å². The number of thiophene rings is 1. The van der Waals surface area contributed by atoms with Gasteiger partial charge in [0.25, 0.3) is 5.91 Å². The van der Waals surface area contributed by atoms with Crippen LogP contribution < -0.4 is 5.73 Å². The molecule has 2 unspecified atom stereocenters. The Morgan fingerprint density at radius 3 is 3.17 bits per heavy atom. The molecule has 3 nitrogen and oxygen atoms in total. The maximum Gasteiger partial charge on any atom is 0.263 e. The van der Waals surface area contributed by atoms with Gasteiger partial charge in [0, 0.05) is 19.1 Å². The zero-order valence-electron chi connectivity index (χ0n) is 11.0. The first-order chi connectivity index (χ1) is 8.72. The van der Waals surface area contributed by atoms with E-state index in [4.69, 9.17) is 5.73 Å². The average molecular weight is 266 g/mol. The van der Waals surface area contributed by atoms with Crippen LogP contribution in [0.25, 0.3) is 0 Å². The van der Waals surface area contributed by atoms with E-state index >= 15 is 0 Å². The van der Waals surface area contributed by atoms with Crippen LogP contribution in [0.15, 0.2) is 17.5 Å². The Morgan fingerprint density at radius 2 is 2.50 bits per heavy atom. The van der Waals surface area contributed by atoms with Gasteiger partial charge in [-0.3, -0.25) is 4.79 Å². The van der Waals surface area contributed by atoms with Gasteiger partial charge in [-0.1, -0.05) is 25.8 Å². The van der Waals surface area contributed by atoms with Crippen molar-refractivity contribution in [3.63, 3.8) is 0 Å². The number of carbonyl (C=O) groups excluding carboxylic acids is 1. The van der Waals surface area contributed by atoms with Crippen molar-refractivity contribution >= 4 is 17.2 Å². The second-order valence-electron chi connectivity index (χ2n) is 5.08. The summed E-state index contributed by atoms with van der Waals surface area (Å²) in [5.41, 5.74) is 6.21. The zero-order valence-corrected chi connectivity index (χ0v) is 11.8. The minimum Gasteiger partial charge on any atom is -0.338 e. The lowest BCUT2D eigenvalue weighted by atomic mass is 9.95. The molecule has 2 rings (SSSR count). The Kier molecular flexibility index (Phi) is 4.78. The normalized spacial score (nSPS) is 21.2. The first-order valence-corrected chi connectivity index (χ1v) is 7.68. The van der Waals surface area contributed by atoms with E-state index < -0.39 is 0 Å². The van der Waals surface area contributed by atoms with Crippen molar-refractivity contribution in [3.8, 4) is 0 Å². The molecule has 1 saturated heterocycles. The van der Waals surface area contributed by atoms with Gasteiger partial charge in [-0.05, 0) is 30.2 Å². The van der Waals surface area contributed by atoms with E-state index in [1.165, 1.54) is 24.2 Å². The number of rotatable bonds is 5. The van der Waals surface area contributed by atoms with E-state index in [9.17, 15) is 4.79 Å². The maximum absolute atomic E-state index is 12.2. The van der Waals surface area contributed by atoms with Gasteiger partial charge in [0.15, 0.2) is 0 Å². The molecular weight excluding hydrogens is 244 g/mol. The molecule has 0 bridgehead atoms. The second-order valence-corrected chi connectivity index (χ2v) is 6.03.